The van der Waals surface area contributed by atoms with Crippen LogP contribution in [0.2, 0.25) is 0 Å². The van der Waals surface area contributed by atoms with Gasteiger partial charge in [-0.1, -0.05) is 30.3 Å². The minimum Gasteiger partial charge on any atom is -0.506 e. The fourth-order valence-corrected chi connectivity index (χ4v) is 2.07. The molecule has 0 aliphatic carbocycles. The zero-order chi connectivity index (χ0) is 14.4. The molecule has 1 heterocycles. The van der Waals surface area contributed by atoms with Crippen molar-refractivity contribution in [3.63, 3.8) is 0 Å². The van der Waals surface area contributed by atoms with E-state index in [0.29, 0.717) is 12.2 Å². The molecule has 0 saturated carbocycles. The summed E-state index contributed by atoms with van der Waals surface area (Å²) in [6.45, 7) is 2.36. The Kier molecular flexibility index (Phi) is 5.09. The molecular formula is C16H20N2O2. The smallest absolute Gasteiger partial charge is 0.138 e. The summed E-state index contributed by atoms with van der Waals surface area (Å²) in [4.78, 5) is 4.29. The number of pyridine rings is 1. The van der Waals surface area contributed by atoms with Gasteiger partial charge in [-0.2, -0.15) is 0 Å². The molecule has 1 aromatic heterocycles. The van der Waals surface area contributed by atoms with Crippen LogP contribution in [0.5, 0.6) is 5.75 Å². The molecule has 0 aliphatic heterocycles. The molecule has 3 N–H and O–H groups in total. The van der Waals surface area contributed by atoms with E-state index in [1.54, 1.807) is 12.1 Å². The fraction of sp³-hybridized carbons (Fsp3) is 0.312. The van der Waals surface area contributed by atoms with Crippen LogP contribution in [-0.4, -0.2) is 27.8 Å². The molecule has 1 atom stereocenters. The molecule has 0 saturated heterocycles. The van der Waals surface area contributed by atoms with Crippen molar-refractivity contribution in [3.8, 4) is 5.75 Å². The first-order chi connectivity index (χ1) is 9.69. The average Bonchev–Trinajstić information content (AvgIpc) is 2.47. The highest BCUT2D eigenvalue weighted by Gasteiger charge is 2.10. The van der Waals surface area contributed by atoms with Gasteiger partial charge in [-0.25, -0.2) is 0 Å². The normalized spacial score (nSPS) is 12.3. The number of aromatic nitrogens is 1. The lowest BCUT2D eigenvalue weighted by atomic mass is 10.1. The summed E-state index contributed by atoms with van der Waals surface area (Å²) in [6.07, 6.45) is 0.740. The number of aliphatic hydroxyl groups excluding tert-OH is 1. The largest absolute Gasteiger partial charge is 0.506 e. The summed E-state index contributed by atoms with van der Waals surface area (Å²) in [7, 11) is 0. The first-order valence-electron chi connectivity index (χ1n) is 6.72. The Bertz CT molecular complexity index is 543. The van der Waals surface area contributed by atoms with Gasteiger partial charge in [0.05, 0.1) is 12.3 Å². The molecule has 0 aliphatic rings. The van der Waals surface area contributed by atoms with Crippen molar-refractivity contribution in [1.29, 1.82) is 0 Å². The van der Waals surface area contributed by atoms with Gasteiger partial charge in [0.25, 0.3) is 0 Å². The Morgan fingerprint density at radius 2 is 1.90 bits per heavy atom. The summed E-state index contributed by atoms with van der Waals surface area (Å²) in [5.41, 5.74) is 2.64. The van der Waals surface area contributed by atoms with Crippen molar-refractivity contribution in [2.24, 2.45) is 0 Å². The van der Waals surface area contributed by atoms with E-state index in [0.717, 1.165) is 12.1 Å². The van der Waals surface area contributed by atoms with Crippen molar-refractivity contribution in [1.82, 2.24) is 10.3 Å². The highest BCUT2D eigenvalue weighted by Crippen LogP contribution is 2.14. The molecule has 2 aromatic rings. The lowest BCUT2D eigenvalue weighted by Crippen LogP contribution is -2.34. The van der Waals surface area contributed by atoms with Gasteiger partial charge in [0.1, 0.15) is 5.75 Å². The molecule has 0 unspecified atom stereocenters. The number of aliphatic hydroxyl groups is 1. The third kappa shape index (κ3) is 4.05. The van der Waals surface area contributed by atoms with E-state index in [1.165, 1.54) is 5.56 Å². The van der Waals surface area contributed by atoms with Gasteiger partial charge in [0, 0.05) is 18.3 Å². The number of rotatable bonds is 6. The van der Waals surface area contributed by atoms with Crippen LogP contribution in [-0.2, 0) is 13.0 Å². The molecule has 0 fully saturated rings. The number of hydrogen-bond donors (Lipinski definition) is 3. The second kappa shape index (κ2) is 7.03. The van der Waals surface area contributed by atoms with Crippen molar-refractivity contribution in [2.45, 2.75) is 25.9 Å². The lowest BCUT2D eigenvalue weighted by Gasteiger charge is -2.16. The van der Waals surface area contributed by atoms with E-state index in [4.69, 9.17) is 0 Å². The summed E-state index contributed by atoms with van der Waals surface area (Å²) in [5.74, 6) is 0.180. The number of aryl methyl sites for hydroxylation is 1. The molecule has 2 rings (SSSR count). The standard InChI is InChI=1S/C16H20N2O2/c1-12-7-8-16(20)15(18-12)10-17-14(11-19)9-13-5-3-2-4-6-13/h2-8,14,17,19-20H,9-11H2,1H3/t14-/m1/s1. The van der Waals surface area contributed by atoms with Gasteiger partial charge < -0.3 is 15.5 Å². The maximum Gasteiger partial charge on any atom is 0.138 e. The van der Waals surface area contributed by atoms with Crippen LogP contribution in [0.1, 0.15) is 17.0 Å². The molecule has 4 heteroatoms. The second-order valence-electron chi connectivity index (χ2n) is 4.87. The number of nitrogens with zero attached hydrogens (tertiary/aromatic N) is 1. The van der Waals surface area contributed by atoms with Crippen molar-refractivity contribution in [2.75, 3.05) is 6.61 Å². The van der Waals surface area contributed by atoms with Gasteiger partial charge in [-0.15, -0.1) is 0 Å². The fourth-order valence-electron chi connectivity index (χ4n) is 2.07. The van der Waals surface area contributed by atoms with Crippen LogP contribution in [0, 0.1) is 6.92 Å². The third-order valence-electron chi connectivity index (χ3n) is 3.19. The Balaban J connectivity index is 1.95. The molecule has 106 valence electrons. The first-order valence-corrected chi connectivity index (χ1v) is 6.72. The monoisotopic (exact) mass is 272 g/mol. The van der Waals surface area contributed by atoms with E-state index in [2.05, 4.69) is 10.3 Å². The van der Waals surface area contributed by atoms with Crippen LogP contribution in [0.25, 0.3) is 0 Å². The van der Waals surface area contributed by atoms with Crippen LogP contribution in [0.15, 0.2) is 42.5 Å². The molecule has 0 radical (unpaired) electrons. The molecule has 1 aromatic carbocycles. The molecule has 20 heavy (non-hydrogen) atoms. The number of nitrogens with one attached hydrogen (secondary N) is 1. The van der Waals surface area contributed by atoms with Gasteiger partial charge >= 0.3 is 0 Å². The Labute approximate surface area is 119 Å². The molecule has 4 nitrogen and oxygen atoms in total. The average molecular weight is 272 g/mol. The quantitative estimate of drug-likeness (QED) is 0.750. The zero-order valence-electron chi connectivity index (χ0n) is 11.6. The van der Waals surface area contributed by atoms with E-state index in [9.17, 15) is 10.2 Å². The predicted octanol–water partition coefficient (Wildman–Crippen LogP) is 1.79. The highest BCUT2D eigenvalue weighted by atomic mass is 16.3. The Hall–Kier alpha value is -1.91. The van der Waals surface area contributed by atoms with Crippen LogP contribution in [0.4, 0.5) is 0 Å². The topological polar surface area (TPSA) is 65.4 Å². The van der Waals surface area contributed by atoms with Gasteiger partial charge in [0.2, 0.25) is 0 Å². The number of hydrogen-bond acceptors (Lipinski definition) is 4. The van der Waals surface area contributed by atoms with Crippen molar-refractivity contribution in [3.05, 3.63) is 59.4 Å². The van der Waals surface area contributed by atoms with Crippen molar-refractivity contribution >= 4 is 0 Å². The zero-order valence-corrected chi connectivity index (χ0v) is 11.6. The summed E-state index contributed by atoms with van der Waals surface area (Å²) < 4.78 is 0. The first kappa shape index (κ1) is 14.5. The summed E-state index contributed by atoms with van der Waals surface area (Å²) >= 11 is 0. The van der Waals surface area contributed by atoms with E-state index in [1.807, 2.05) is 37.3 Å². The third-order valence-corrected chi connectivity index (χ3v) is 3.19. The van der Waals surface area contributed by atoms with Gasteiger partial charge in [-0.3, -0.25) is 4.98 Å². The van der Waals surface area contributed by atoms with Gasteiger partial charge in [0.15, 0.2) is 0 Å². The molecule has 0 bridgehead atoms. The minimum absolute atomic E-state index is 0.0431. The van der Waals surface area contributed by atoms with Crippen molar-refractivity contribution < 1.29 is 10.2 Å². The Morgan fingerprint density at radius 1 is 1.15 bits per heavy atom. The molecular weight excluding hydrogens is 252 g/mol. The van der Waals surface area contributed by atoms with Crippen LogP contribution < -0.4 is 5.32 Å². The molecule has 0 amide bonds. The van der Waals surface area contributed by atoms with E-state index < -0.39 is 0 Å². The summed E-state index contributed by atoms with van der Waals surface area (Å²) in [6, 6.07) is 13.4. The SMILES string of the molecule is Cc1ccc(O)c(CN[C@@H](CO)Cc2ccccc2)n1. The minimum atomic E-state index is -0.0564. The maximum absolute atomic E-state index is 9.75. The number of aromatic hydroxyl groups is 1. The van der Waals surface area contributed by atoms with Crippen LogP contribution >= 0.6 is 0 Å². The molecule has 0 spiro atoms. The second-order valence-corrected chi connectivity index (χ2v) is 4.87. The Morgan fingerprint density at radius 3 is 2.60 bits per heavy atom. The highest BCUT2D eigenvalue weighted by molar-refractivity contribution is 5.27. The van der Waals surface area contributed by atoms with E-state index in [-0.39, 0.29) is 18.4 Å². The van der Waals surface area contributed by atoms with E-state index >= 15 is 0 Å². The summed E-state index contributed by atoms with van der Waals surface area (Å²) in [5, 5.41) is 22.4. The van der Waals surface area contributed by atoms with Crippen LogP contribution in [0.3, 0.4) is 0 Å². The predicted molar refractivity (Wildman–Crippen MR) is 78.5 cm³/mol. The maximum atomic E-state index is 9.75. The number of benzene rings is 1. The van der Waals surface area contributed by atoms with Gasteiger partial charge in [-0.05, 0) is 31.0 Å². The lowest BCUT2D eigenvalue weighted by molar-refractivity contribution is 0.240.